The highest BCUT2D eigenvalue weighted by Gasteiger charge is 2.03. The zero-order valence-electron chi connectivity index (χ0n) is 12.2. The lowest BCUT2D eigenvalue weighted by molar-refractivity contribution is -0.384. The van der Waals surface area contributed by atoms with E-state index in [0.717, 1.165) is 11.1 Å². The number of hydrogen-bond acceptors (Lipinski definition) is 4. The molecule has 0 aliphatic rings. The Morgan fingerprint density at radius 1 is 1.00 bits per heavy atom. The molecule has 0 fully saturated rings. The van der Waals surface area contributed by atoms with Crippen LogP contribution >= 0.6 is 0 Å². The summed E-state index contributed by atoms with van der Waals surface area (Å²) in [7, 11) is 0. The molecule has 7 nitrogen and oxygen atoms in total. The predicted octanol–water partition coefficient (Wildman–Crippen LogP) is 2.29. The van der Waals surface area contributed by atoms with Gasteiger partial charge in [-0.3, -0.25) is 10.1 Å². The third kappa shape index (κ3) is 4.78. The van der Waals surface area contributed by atoms with Crippen LogP contribution < -0.4 is 11.5 Å². The Balaban J connectivity index is 2.28. The topological polar surface area (TPSA) is 120 Å². The first-order valence-corrected chi connectivity index (χ1v) is 6.71. The normalized spacial score (nSPS) is 11.4. The molecule has 0 heterocycles. The molecular weight excluding hydrogens is 294 g/mol. The Morgan fingerprint density at radius 2 is 1.65 bits per heavy atom. The third-order valence-electron chi connectivity index (χ3n) is 2.88. The highest BCUT2D eigenvalue weighted by molar-refractivity contribution is 6.10. The van der Waals surface area contributed by atoms with Gasteiger partial charge in [-0.1, -0.05) is 36.4 Å². The maximum atomic E-state index is 10.6. The van der Waals surface area contributed by atoms with Crippen molar-refractivity contribution < 1.29 is 4.92 Å². The molecule has 0 amide bonds. The number of benzene rings is 2. The third-order valence-corrected chi connectivity index (χ3v) is 2.88. The predicted molar refractivity (Wildman–Crippen MR) is 90.9 cm³/mol. The number of hydrogen-bond donors (Lipinski definition) is 2. The van der Waals surface area contributed by atoms with E-state index in [2.05, 4.69) is 10.2 Å². The molecule has 2 aromatic carbocycles. The van der Waals surface area contributed by atoms with E-state index < -0.39 is 4.92 Å². The van der Waals surface area contributed by atoms with E-state index >= 15 is 0 Å². The zero-order valence-corrected chi connectivity index (χ0v) is 12.2. The smallest absolute Gasteiger partial charge is 0.269 e. The lowest BCUT2D eigenvalue weighted by Gasteiger charge is -2.00. The zero-order chi connectivity index (χ0) is 16.7. The molecule has 0 saturated carbocycles. The SMILES string of the molecule is NC(N)=NN=C(/C=C\c1ccc([N+](=O)[O-])cc1)c1ccccc1. The van der Waals surface area contributed by atoms with Crippen LogP contribution in [-0.4, -0.2) is 16.6 Å². The number of non-ortho nitro benzene ring substituents is 1. The summed E-state index contributed by atoms with van der Waals surface area (Å²) >= 11 is 0. The molecule has 4 N–H and O–H groups in total. The molecule has 0 radical (unpaired) electrons. The van der Waals surface area contributed by atoms with Gasteiger partial charge in [0.2, 0.25) is 5.96 Å². The van der Waals surface area contributed by atoms with Gasteiger partial charge >= 0.3 is 0 Å². The molecule has 0 aromatic heterocycles. The highest BCUT2D eigenvalue weighted by Crippen LogP contribution is 2.13. The van der Waals surface area contributed by atoms with Crippen molar-refractivity contribution in [2.45, 2.75) is 0 Å². The van der Waals surface area contributed by atoms with Crippen LogP contribution in [0.25, 0.3) is 6.08 Å². The summed E-state index contributed by atoms with van der Waals surface area (Å²) in [4.78, 5) is 10.2. The largest absolute Gasteiger partial charge is 0.369 e. The summed E-state index contributed by atoms with van der Waals surface area (Å²) in [6.07, 6.45) is 3.51. The van der Waals surface area contributed by atoms with E-state index in [9.17, 15) is 10.1 Å². The number of guanidine groups is 1. The van der Waals surface area contributed by atoms with Gasteiger partial charge < -0.3 is 11.5 Å². The van der Waals surface area contributed by atoms with Crippen molar-refractivity contribution in [3.63, 3.8) is 0 Å². The van der Waals surface area contributed by atoms with Crippen molar-refractivity contribution in [3.8, 4) is 0 Å². The van der Waals surface area contributed by atoms with Crippen LogP contribution in [0.1, 0.15) is 11.1 Å². The Kier molecular flexibility index (Phi) is 5.19. The summed E-state index contributed by atoms with van der Waals surface area (Å²) in [6.45, 7) is 0. The van der Waals surface area contributed by atoms with E-state index in [-0.39, 0.29) is 11.6 Å². The van der Waals surface area contributed by atoms with Crippen LogP contribution in [0, 0.1) is 10.1 Å². The summed E-state index contributed by atoms with van der Waals surface area (Å²) in [5, 5.41) is 18.3. The average Bonchev–Trinajstić information content (AvgIpc) is 2.56. The van der Waals surface area contributed by atoms with E-state index in [1.807, 2.05) is 30.3 Å². The van der Waals surface area contributed by atoms with Crippen LogP contribution in [0.2, 0.25) is 0 Å². The van der Waals surface area contributed by atoms with Gasteiger partial charge in [0.25, 0.3) is 5.69 Å². The number of nitro benzene ring substituents is 1. The van der Waals surface area contributed by atoms with Crippen molar-refractivity contribution in [2.24, 2.45) is 21.7 Å². The molecular formula is C16H15N5O2. The van der Waals surface area contributed by atoms with Crippen LogP contribution in [0.5, 0.6) is 0 Å². The second-order valence-corrected chi connectivity index (χ2v) is 4.56. The van der Waals surface area contributed by atoms with Crippen molar-refractivity contribution in [1.29, 1.82) is 0 Å². The van der Waals surface area contributed by atoms with Gasteiger partial charge in [0.15, 0.2) is 0 Å². The molecule has 0 aliphatic heterocycles. The van der Waals surface area contributed by atoms with Gasteiger partial charge in [-0.2, -0.15) is 0 Å². The molecule has 0 unspecified atom stereocenters. The molecule has 0 spiro atoms. The van der Waals surface area contributed by atoms with Crippen LogP contribution in [0.15, 0.2) is 70.9 Å². The molecule has 116 valence electrons. The second kappa shape index (κ2) is 7.51. The molecule has 2 aromatic rings. The van der Waals surface area contributed by atoms with Gasteiger partial charge in [0, 0.05) is 17.7 Å². The van der Waals surface area contributed by atoms with Crippen molar-refractivity contribution >= 4 is 23.4 Å². The first kappa shape index (κ1) is 15.9. The summed E-state index contributed by atoms with van der Waals surface area (Å²) in [6, 6.07) is 15.6. The van der Waals surface area contributed by atoms with Gasteiger partial charge in [0.1, 0.15) is 0 Å². The molecule has 0 saturated heterocycles. The van der Waals surface area contributed by atoms with Crippen molar-refractivity contribution in [1.82, 2.24) is 0 Å². The van der Waals surface area contributed by atoms with Gasteiger partial charge in [-0.15, -0.1) is 10.2 Å². The van der Waals surface area contributed by atoms with Crippen molar-refractivity contribution in [3.05, 3.63) is 81.9 Å². The average molecular weight is 309 g/mol. The van der Waals surface area contributed by atoms with Gasteiger partial charge in [-0.05, 0) is 23.8 Å². The van der Waals surface area contributed by atoms with E-state index in [4.69, 9.17) is 11.5 Å². The van der Waals surface area contributed by atoms with Gasteiger partial charge in [0.05, 0.1) is 10.6 Å². The summed E-state index contributed by atoms with van der Waals surface area (Å²) in [5.74, 6) is -0.137. The minimum Gasteiger partial charge on any atom is -0.369 e. The fourth-order valence-electron chi connectivity index (χ4n) is 1.79. The Morgan fingerprint density at radius 3 is 2.22 bits per heavy atom. The lowest BCUT2D eigenvalue weighted by atomic mass is 10.1. The number of nitro groups is 1. The monoisotopic (exact) mass is 309 g/mol. The molecule has 2 rings (SSSR count). The lowest BCUT2D eigenvalue weighted by Crippen LogP contribution is -2.22. The van der Waals surface area contributed by atoms with Crippen LogP contribution in [0.4, 0.5) is 5.69 Å². The maximum absolute atomic E-state index is 10.6. The van der Waals surface area contributed by atoms with E-state index in [0.29, 0.717) is 5.71 Å². The highest BCUT2D eigenvalue weighted by atomic mass is 16.6. The first-order chi connectivity index (χ1) is 11.1. The molecule has 23 heavy (non-hydrogen) atoms. The van der Waals surface area contributed by atoms with Crippen molar-refractivity contribution in [2.75, 3.05) is 0 Å². The summed E-state index contributed by atoms with van der Waals surface area (Å²) < 4.78 is 0. The molecule has 0 atom stereocenters. The Labute approximate surface area is 132 Å². The minimum atomic E-state index is -0.441. The Bertz CT molecular complexity index is 761. The maximum Gasteiger partial charge on any atom is 0.269 e. The quantitative estimate of drug-likeness (QED) is 0.381. The second-order valence-electron chi connectivity index (χ2n) is 4.56. The Hall–Kier alpha value is -3.48. The number of rotatable bonds is 5. The molecule has 0 bridgehead atoms. The van der Waals surface area contributed by atoms with Crippen LogP contribution in [0.3, 0.4) is 0 Å². The van der Waals surface area contributed by atoms with E-state index in [1.165, 1.54) is 12.1 Å². The number of nitrogens with two attached hydrogens (primary N) is 2. The first-order valence-electron chi connectivity index (χ1n) is 6.71. The standard InChI is InChI=1S/C16H15N5O2/c17-16(18)20-19-15(13-4-2-1-3-5-13)11-8-12-6-9-14(10-7-12)21(22)23/h1-11H,(H4,17,18,20)/b11-8-,19-15?. The molecule has 0 aliphatic carbocycles. The summed E-state index contributed by atoms with van der Waals surface area (Å²) in [5.41, 5.74) is 12.9. The fraction of sp³-hybridized carbons (Fsp3) is 0. The molecule has 7 heteroatoms. The minimum absolute atomic E-state index is 0.0413. The van der Waals surface area contributed by atoms with E-state index in [1.54, 1.807) is 24.3 Å². The van der Waals surface area contributed by atoms with Crippen LogP contribution in [-0.2, 0) is 0 Å². The van der Waals surface area contributed by atoms with Gasteiger partial charge in [-0.25, -0.2) is 0 Å². The number of allylic oxidation sites excluding steroid dienone is 1. The number of nitrogens with zero attached hydrogens (tertiary/aromatic N) is 3. The fourth-order valence-corrected chi connectivity index (χ4v) is 1.79.